The Morgan fingerprint density at radius 2 is 1.63 bits per heavy atom. The minimum atomic E-state index is 0. The molecule has 1 aliphatic heterocycles. The van der Waals surface area contributed by atoms with E-state index in [9.17, 15) is 0 Å². The number of nitrogens with one attached hydrogen (secondary N) is 2. The lowest BCUT2D eigenvalue weighted by molar-refractivity contribution is 0.481. The fourth-order valence-corrected chi connectivity index (χ4v) is 2.74. The summed E-state index contributed by atoms with van der Waals surface area (Å²) in [4.78, 5) is 22.3. The van der Waals surface area contributed by atoms with Gasteiger partial charge in [-0.3, -0.25) is 4.98 Å². The van der Waals surface area contributed by atoms with Crippen molar-refractivity contribution in [3.8, 4) is 0 Å². The molecule has 1 fully saturated rings. The summed E-state index contributed by atoms with van der Waals surface area (Å²) in [6.07, 6.45) is 10.4. The molecular formula is C18H24Cl4N8. The third-order valence-corrected chi connectivity index (χ3v) is 4.09. The molecule has 4 heterocycles. The van der Waals surface area contributed by atoms with Crippen LogP contribution in [-0.4, -0.2) is 57.1 Å². The van der Waals surface area contributed by atoms with Crippen LogP contribution in [0.25, 0.3) is 0 Å². The lowest BCUT2D eigenvalue weighted by atomic mass is 10.2. The molecule has 1 aliphatic rings. The number of pyridine rings is 1. The molecule has 1 atom stereocenters. The van der Waals surface area contributed by atoms with Crippen LogP contribution in [0.5, 0.6) is 0 Å². The van der Waals surface area contributed by atoms with Gasteiger partial charge in [-0.05, 0) is 35.9 Å². The van der Waals surface area contributed by atoms with Crippen molar-refractivity contribution in [1.82, 2.24) is 30.2 Å². The Bertz CT molecular complexity index is 786. The molecule has 0 aliphatic carbocycles. The third-order valence-electron chi connectivity index (χ3n) is 3.90. The van der Waals surface area contributed by atoms with E-state index in [0.717, 1.165) is 37.8 Å². The van der Waals surface area contributed by atoms with E-state index in [1.165, 1.54) is 0 Å². The molecule has 3 aromatic heterocycles. The van der Waals surface area contributed by atoms with Gasteiger partial charge in [-0.25, -0.2) is 19.9 Å². The standard InChI is InChI=1S/C14H18N6.C4H3ClN2.3ClH/c1-3-12(9-15-4-1)19-11-13-10-16-7-8-20(13)14-17-5-2-6-18-14;5-4-6-2-1-3-7-4;;;/h1-6,9,13,16,19H,7-8,10-11H2;1-3H;3*1H. The summed E-state index contributed by atoms with van der Waals surface area (Å²) in [5, 5.41) is 7.13. The van der Waals surface area contributed by atoms with Crippen molar-refractivity contribution >= 4 is 60.5 Å². The van der Waals surface area contributed by atoms with Gasteiger partial charge in [0.15, 0.2) is 0 Å². The number of halogens is 4. The predicted molar refractivity (Wildman–Crippen MR) is 128 cm³/mol. The van der Waals surface area contributed by atoms with Crippen LogP contribution in [-0.2, 0) is 0 Å². The largest absolute Gasteiger partial charge is 0.382 e. The molecular weight excluding hydrogens is 470 g/mol. The molecule has 0 saturated carbocycles. The zero-order valence-electron chi connectivity index (χ0n) is 16.0. The van der Waals surface area contributed by atoms with Gasteiger partial charge in [-0.15, -0.1) is 37.2 Å². The van der Waals surface area contributed by atoms with Gasteiger partial charge < -0.3 is 15.5 Å². The van der Waals surface area contributed by atoms with Gasteiger partial charge in [0.25, 0.3) is 0 Å². The van der Waals surface area contributed by atoms with Gasteiger partial charge in [-0.2, -0.15) is 0 Å². The topological polar surface area (TPSA) is 91.8 Å². The molecule has 8 nitrogen and oxygen atoms in total. The van der Waals surface area contributed by atoms with Crippen molar-refractivity contribution < 1.29 is 0 Å². The van der Waals surface area contributed by atoms with Crippen LogP contribution in [0.2, 0.25) is 5.28 Å². The maximum absolute atomic E-state index is 5.32. The Morgan fingerprint density at radius 3 is 2.20 bits per heavy atom. The Kier molecular flexibility index (Phi) is 14.8. The van der Waals surface area contributed by atoms with Crippen LogP contribution in [0.4, 0.5) is 11.6 Å². The van der Waals surface area contributed by atoms with E-state index in [0.29, 0.717) is 11.3 Å². The number of hydrogen-bond acceptors (Lipinski definition) is 8. The molecule has 30 heavy (non-hydrogen) atoms. The Balaban J connectivity index is 0.000000726. The van der Waals surface area contributed by atoms with E-state index in [4.69, 9.17) is 11.6 Å². The van der Waals surface area contributed by atoms with Crippen molar-refractivity contribution in [3.05, 3.63) is 66.7 Å². The van der Waals surface area contributed by atoms with Gasteiger partial charge in [0.2, 0.25) is 11.2 Å². The molecule has 0 amide bonds. The van der Waals surface area contributed by atoms with E-state index in [1.54, 1.807) is 37.1 Å². The summed E-state index contributed by atoms with van der Waals surface area (Å²) < 4.78 is 0. The van der Waals surface area contributed by atoms with Crippen LogP contribution < -0.4 is 15.5 Å². The number of hydrogen-bond donors (Lipinski definition) is 2. The van der Waals surface area contributed by atoms with Gasteiger partial charge in [0, 0.05) is 63.4 Å². The van der Waals surface area contributed by atoms with E-state index >= 15 is 0 Å². The molecule has 0 bridgehead atoms. The van der Waals surface area contributed by atoms with Crippen LogP contribution in [0, 0.1) is 0 Å². The lowest BCUT2D eigenvalue weighted by Gasteiger charge is -2.36. The van der Waals surface area contributed by atoms with E-state index in [-0.39, 0.29) is 37.2 Å². The summed E-state index contributed by atoms with van der Waals surface area (Å²) in [7, 11) is 0. The Hall–Kier alpha value is -1.97. The maximum atomic E-state index is 5.32. The second-order valence-electron chi connectivity index (χ2n) is 5.74. The van der Waals surface area contributed by atoms with Gasteiger partial charge in [0.05, 0.1) is 11.7 Å². The van der Waals surface area contributed by atoms with E-state index < -0.39 is 0 Å². The molecule has 1 saturated heterocycles. The molecule has 1 unspecified atom stereocenters. The van der Waals surface area contributed by atoms with E-state index in [2.05, 4.69) is 40.5 Å². The Labute approximate surface area is 199 Å². The van der Waals surface area contributed by atoms with Crippen molar-refractivity contribution in [3.63, 3.8) is 0 Å². The molecule has 164 valence electrons. The van der Waals surface area contributed by atoms with Crippen LogP contribution in [0.15, 0.2) is 61.4 Å². The lowest BCUT2D eigenvalue weighted by Crippen LogP contribution is -2.54. The highest BCUT2D eigenvalue weighted by Gasteiger charge is 2.23. The third kappa shape index (κ3) is 9.23. The molecule has 0 radical (unpaired) electrons. The first-order chi connectivity index (χ1) is 13.3. The normalized spacial score (nSPS) is 14.6. The average molecular weight is 494 g/mol. The van der Waals surface area contributed by atoms with Crippen molar-refractivity contribution in [2.75, 3.05) is 36.4 Å². The van der Waals surface area contributed by atoms with Crippen LogP contribution in [0.3, 0.4) is 0 Å². The summed E-state index contributed by atoms with van der Waals surface area (Å²) in [6, 6.07) is 7.83. The fourth-order valence-electron chi connectivity index (χ4n) is 2.63. The summed E-state index contributed by atoms with van der Waals surface area (Å²) in [5.41, 5.74) is 1.03. The number of nitrogens with zero attached hydrogens (tertiary/aromatic N) is 6. The second kappa shape index (κ2) is 15.8. The monoisotopic (exact) mass is 492 g/mol. The maximum Gasteiger partial charge on any atom is 0.225 e. The van der Waals surface area contributed by atoms with Gasteiger partial charge >= 0.3 is 0 Å². The first-order valence-corrected chi connectivity index (χ1v) is 9.01. The molecule has 2 N–H and O–H groups in total. The number of rotatable bonds is 4. The van der Waals surface area contributed by atoms with Crippen molar-refractivity contribution in [2.45, 2.75) is 6.04 Å². The number of aromatic nitrogens is 5. The highest BCUT2D eigenvalue weighted by molar-refractivity contribution is 6.28. The van der Waals surface area contributed by atoms with Crippen LogP contribution >= 0.6 is 48.8 Å². The highest BCUT2D eigenvalue weighted by Crippen LogP contribution is 2.13. The summed E-state index contributed by atoms with van der Waals surface area (Å²) in [6.45, 7) is 3.63. The van der Waals surface area contributed by atoms with Gasteiger partial charge in [-0.1, -0.05) is 0 Å². The smallest absolute Gasteiger partial charge is 0.225 e. The minimum Gasteiger partial charge on any atom is -0.382 e. The fraction of sp³-hybridized carbons (Fsp3) is 0.278. The SMILES string of the molecule is Cl.Cl.Cl.Clc1ncccn1.c1cnc(N2CCNCC2CNc2cccnc2)nc1. The summed E-state index contributed by atoms with van der Waals surface area (Å²) in [5.74, 6) is 0.798. The predicted octanol–water partition coefficient (Wildman–Crippen LogP) is 3.16. The average Bonchev–Trinajstić information content (AvgIpc) is 2.75. The highest BCUT2D eigenvalue weighted by atomic mass is 35.5. The molecule has 0 spiro atoms. The van der Waals surface area contributed by atoms with Crippen molar-refractivity contribution in [2.24, 2.45) is 0 Å². The molecule has 0 aromatic carbocycles. The quantitative estimate of drug-likeness (QED) is 0.535. The van der Waals surface area contributed by atoms with Crippen LogP contribution in [0.1, 0.15) is 0 Å². The van der Waals surface area contributed by atoms with Gasteiger partial charge in [0.1, 0.15) is 0 Å². The van der Waals surface area contributed by atoms with E-state index in [1.807, 2.05) is 24.4 Å². The molecule has 12 heteroatoms. The molecule has 4 rings (SSSR count). The zero-order valence-corrected chi connectivity index (χ0v) is 19.2. The Morgan fingerprint density at radius 1 is 0.967 bits per heavy atom. The van der Waals surface area contributed by atoms with Crippen molar-refractivity contribution in [1.29, 1.82) is 0 Å². The minimum absolute atomic E-state index is 0. The number of piperazine rings is 1. The zero-order chi connectivity index (χ0) is 18.7. The first kappa shape index (κ1) is 28.0. The summed E-state index contributed by atoms with van der Waals surface area (Å²) >= 11 is 5.32. The molecule has 3 aromatic rings. The second-order valence-corrected chi connectivity index (χ2v) is 6.08. The number of anilines is 2. The first-order valence-electron chi connectivity index (χ1n) is 8.64.